The zero-order valence-corrected chi connectivity index (χ0v) is 8.95. The monoisotopic (exact) mass is 215 g/mol. The van der Waals surface area contributed by atoms with Gasteiger partial charge in [-0.15, -0.1) is 0 Å². The van der Waals surface area contributed by atoms with Crippen LogP contribution in [-0.2, 0) is 0 Å². The van der Waals surface area contributed by atoms with Gasteiger partial charge in [0.15, 0.2) is 0 Å². The highest BCUT2D eigenvalue weighted by Crippen LogP contribution is 2.26. The molecule has 2 aromatic rings. The van der Waals surface area contributed by atoms with Crippen LogP contribution in [-0.4, -0.2) is 10.9 Å². The number of benzene rings is 1. The Kier molecular flexibility index (Phi) is 2.40. The van der Waals surface area contributed by atoms with Crippen LogP contribution in [0.2, 0.25) is 0 Å². The summed E-state index contributed by atoms with van der Waals surface area (Å²) in [5, 5.41) is 0. The van der Waals surface area contributed by atoms with Crippen LogP contribution in [0.3, 0.4) is 0 Å². The molecule has 2 rings (SSSR count). The van der Waals surface area contributed by atoms with Gasteiger partial charge in [-0.3, -0.25) is 4.79 Å². The summed E-state index contributed by atoms with van der Waals surface area (Å²) in [6, 6.07) is 7.35. The van der Waals surface area contributed by atoms with Crippen LogP contribution in [0.25, 0.3) is 11.1 Å². The summed E-state index contributed by atoms with van der Waals surface area (Å²) in [7, 11) is 0. The second-order valence-corrected chi connectivity index (χ2v) is 3.69. The first-order valence-electron chi connectivity index (χ1n) is 4.93. The molecule has 0 aliphatic rings. The second kappa shape index (κ2) is 3.73. The highest BCUT2D eigenvalue weighted by Gasteiger charge is 2.14. The number of aryl methyl sites for hydroxylation is 1. The molecule has 0 saturated heterocycles. The van der Waals surface area contributed by atoms with Crippen molar-refractivity contribution in [3.05, 3.63) is 41.7 Å². The van der Waals surface area contributed by atoms with Crippen molar-refractivity contribution in [2.45, 2.75) is 6.92 Å². The van der Waals surface area contributed by atoms with Gasteiger partial charge in [0, 0.05) is 23.1 Å². The summed E-state index contributed by atoms with van der Waals surface area (Å²) in [4.78, 5) is 14.3. The molecule has 0 fully saturated rings. The molecule has 0 radical (unpaired) electrons. The second-order valence-electron chi connectivity index (χ2n) is 3.69. The van der Waals surface area contributed by atoms with Crippen molar-refractivity contribution in [3.63, 3.8) is 0 Å². The van der Waals surface area contributed by atoms with E-state index in [0.717, 1.165) is 16.8 Å². The quantitative estimate of drug-likeness (QED) is 0.666. The molecule has 82 valence electrons. The van der Waals surface area contributed by atoms with E-state index >= 15 is 0 Å². The van der Waals surface area contributed by atoms with Crippen molar-refractivity contribution in [2.75, 3.05) is 5.73 Å². The van der Waals surface area contributed by atoms with Gasteiger partial charge in [0.1, 0.15) is 0 Å². The number of anilines is 1. The van der Waals surface area contributed by atoms with Crippen molar-refractivity contribution in [1.29, 1.82) is 0 Å². The molecule has 0 saturated carbocycles. The third-order valence-electron chi connectivity index (χ3n) is 2.52. The summed E-state index contributed by atoms with van der Waals surface area (Å²) in [6.07, 6.45) is 1.77. The van der Waals surface area contributed by atoms with Gasteiger partial charge in [-0.1, -0.05) is 12.1 Å². The van der Waals surface area contributed by atoms with E-state index in [-0.39, 0.29) is 0 Å². The molecule has 0 bridgehead atoms. The van der Waals surface area contributed by atoms with Gasteiger partial charge in [0.25, 0.3) is 5.91 Å². The average molecular weight is 215 g/mol. The topological polar surface area (TPSA) is 84.9 Å². The third-order valence-corrected chi connectivity index (χ3v) is 2.52. The maximum atomic E-state index is 11.3. The predicted octanol–water partition coefficient (Wildman–Crippen LogP) is 1.67. The van der Waals surface area contributed by atoms with Crippen LogP contribution in [0.15, 0.2) is 30.5 Å². The molecular formula is C12H13N3O. The maximum absolute atomic E-state index is 11.3. The van der Waals surface area contributed by atoms with Gasteiger partial charge < -0.3 is 16.5 Å². The van der Waals surface area contributed by atoms with Crippen molar-refractivity contribution in [1.82, 2.24) is 4.98 Å². The normalized spacial score (nSPS) is 10.3. The van der Waals surface area contributed by atoms with E-state index in [1.807, 2.05) is 25.1 Å². The van der Waals surface area contributed by atoms with Crippen LogP contribution in [0, 0.1) is 6.92 Å². The molecule has 0 aliphatic carbocycles. The molecule has 16 heavy (non-hydrogen) atoms. The van der Waals surface area contributed by atoms with E-state index in [9.17, 15) is 4.79 Å². The third kappa shape index (κ3) is 1.65. The van der Waals surface area contributed by atoms with Gasteiger partial charge in [0.2, 0.25) is 0 Å². The van der Waals surface area contributed by atoms with Gasteiger partial charge in [-0.2, -0.15) is 0 Å². The SMILES string of the molecule is Cc1[nH]cc(-c2cccc(N)c2)c1C(N)=O. The summed E-state index contributed by atoms with van der Waals surface area (Å²) >= 11 is 0. The first-order valence-corrected chi connectivity index (χ1v) is 4.93. The number of H-pyrrole nitrogens is 1. The lowest BCUT2D eigenvalue weighted by Gasteiger charge is -2.03. The highest BCUT2D eigenvalue weighted by molar-refractivity contribution is 6.01. The Hall–Kier alpha value is -2.23. The van der Waals surface area contributed by atoms with Crippen molar-refractivity contribution in [3.8, 4) is 11.1 Å². The van der Waals surface area contributed by atoms with Crippen LogP contribution in [0.1, 0.15) is 16.1 Å². The molecule has 0 atom stereocenters. The average Bonchev–Trinajstić information content (AvgIpc) is 2.60. The molecule has 1 heterocycles. The molecular weight excluding hydrogens is 202 g/mol. The number of rotatable bonds is 2. The van der Waals surface area contributed by atoms with E-state index in [2.05, 4.69) is 4.98 Å². The molecule has 5 N–H and O–H groups in total. The van der Waals surface area contributed by atoms with Crippen LogP contribution < -0.4 is 11.5 Å². The number of nitrogens with two attached hydrogens (primary N) is 2. The number of nitrogen functional groups attached to an aromatic ring is 1. The number of nitrogens with one attached hydrogen (secondary N) is 1. The van der Waals surface area contributed by atoms with Gasteiger partial charge in [-0.25, -0.2) is 0 Å². The van der Waals surface area contributed by atoms with Gasteiger partial charge >= 0.3 is 0 Å². The Morgan fingerprint density at radius 1 is 1.38 bits per heavy atom. The summed E-state index contributed by atoms with van der Waals surface area (Å²) in [5.41, 5.74) is 14.7. The lowest BCUT2D eigenvalue weighted by atomic mass is 10.0. The largest absolute Gasteiger partial charge is 0.399 e. The molecule has 0 unspecified atom stereocenters. The number of amides is 1. The number of hydrogen-bond donors (Lipinski definition) is 3. The first kappa shape index (κ1) is 10.3. The number of carbonyl (C=O) groups is 1. The first-order chi connectivity index (χ1) is 7.59. The lowest BCUT2D eigenvalue weighted by molar-refractivity contribution is 0.100. The fourth-order valence-corrected chi connectivity index (χ4v) is 1.78. The van der Waals surface area contributed by atoms with Gasteiger partial charge in [-0.05, 0) is 24.6 Å². The Labute approximate surface area is 93.3 Å². The van der Waals surface area contributed by atoms with E-state index in [1.165, 1.54) is 0 Å². The lowest BCUT2D eigenvalue weighted by Crippen LogP contribution is -2.12. The molecule has 0 spiro atoms. The van der Waals surface area contributed by atoms with E-state index < -0.39 is 5.91 Å². The highest BCUT2D eigenvalue weighted by atomic mass is 16.1. The van der Waals surface area contributed by atoms with Crippen molar-refractivity contribution >= 4 is 11.6 Å². The number of aromatic amines is 1. The minimum Gasteiger partial charge on any atom is -0.399 e. The summed E-state index contributed by atoms with van der Waals surface area (Å²) in [5.74, 6) is -0.434. The van der Waals surface area contributed by atoms with Crippen LogP contribution in [0.5, 0.6) is 0 Å². The van der Waals surface area contributed by atoms with E-state index in [0.29, 0.717) is 11.3 Å². The molecule has 1 amide bonds. The standard InChI is InChI=1S/C12H13N3O/c1-7-11(12(14)16)10(6-15-7)8-3-2-4-9(13)5-8/h2-6,15H,13H2,1H3,(H2,14,16). The number of aromatic nitrogens is 1. The Morgan fingerprint density at radius 3 is 2.75 bits per heavy atom. The Bertz CT molecular complexity index is 543. The van der Waals surface area contributed by atoms with E-state index in [1.54, 1.807) is 12.3 Å². The zero-order chi connectivity index (χ0) is 11.7. The number of carbonyl (C=O) groups excluding carboxylic acids is 1. The minimum atomic E-state index is -0.434. The Balaban J connectivity index is 2.60. The van der Waals surface area contributed by atoms with Crippen molar-refractivity contribution in [2.24, 2.45) is 5.73 Å². The fraction of sp³-hybridized carbons (Fsp3) is 0.0833. The molecule has 0 aliphatic heterocycles. The summed E-state index contributed by atoms with van der Waals surface area (Å²) in [6.45, 7) is 1.82. The number of primary amides is 1. The Morgan fingerprint density at radius 2 is 2.12 bits per heavy atom. The molecule has 1 aromatic carbocycles. The van der Waals surface area contributed by atoms with E-state index in [4.69, 9.17) is 11.5 Å². The zero-order valence-electron chi connectivity index (χ0n) is 8.95. The number of hydrogen-bond acceptors (Lipinski definition) is 2. The molecule has 1 aromatic heterocycles. The van der Waals surface area contributed by atoms with Crippen LogP contribution in [0.4, 0.5) is 5.69 Å². The van der Waals surface area contributed by atoms with Crippen molar-refractivity contribution < 1.29 is 4.79 Å². The molecule has 4 nitrogen and oxygen atoms in total. The molecule has 4 heteroatoms. The fourth-order valence-electron chi connectivity index (χ4n) is 1.78. The smallest absolute Gasteiger partial charge is 0.251 e. The summed E-state index contributed by atoms with van der Waals surface area (Å²) < 4.78 is 0. The minimum absolute atomic E-state index is 0.434. The van der Waals surface area contributed by atoms with Crippen LogP contribution >= 0.6 is 0 Å². The maximum Gasteiger partial charge on any atom is 0.251 e. The van der Waals surface area contributed by atoms with Gasteiger partial charge in [0.05, 0.1) is 5.56 Å². The predicted molar refractivity (Wildman–Crippen MR) is 63.9 cm³/mol.